The zero-order chi connectivity index (χ0) is 14.8. The molecule has 3 aliphatic rings. The smallest absolute Gasteiger partial charge is 0.133 e. The van der Waals surface area contributed by atoms with Crippen molar-refractivity contribution in [3.05, 3.63) is 0 Å². The lowest BCUT2D eigenvalue weighted by Gasteiger charge is -2.54. The monoisotopic (exact) mass is 279 g/mol. The van der Waals surface area contributed by atoms with Gasteiger partial charge in [-0.15, -0.1) is 0 Å². The van der Waals surface area contributed by atoms with E-state index in [9.17, 15) is 4.79 Å². The Labute approximate surface area is 125 Å². The number of nitrogens with one attached hydrogen (secondary N) is 1. The van der Waals surface area contributed by atoms with E-state index in [0.29, 0.717) is 28.6 Å². The summed E-state index contributed by atoms with van der Waals surface area (Å²) in [6.07, 6.45) is 9.51. The molecule has 2 bridgehead atoms. The van der Waals surface area contributed by atoms with Gasteiger partial charge >= 0.3 is 0 Å². The van der Waals surface area contributed by atoms with Gasteiger partial charge in [0.2, 0.25) is 0 Å². The van der Waals surface area contributed by atoms with Crippen LogP contribution in [0.25, 0.3) is 0 Å². The molecule has 0 saturated heterocycles. The first-order valence-corrected chi connectivity index (χ1v) is 8.60. The Morgan fingerprint density at radius 2 is 1.45 bits per heavy atom. The molecule has 20 heavy (non-hydrogen) atoms. The maximum absolute atomic E-state index is 12.2. The Balaban J connectivity index is 1.87. The molecule has 1 N–H and O–H groups in total. The van der Waals surface area contributed by atoms with Crippen molar-refractivity contribution in [2.24, 2.45) is 16.7 Å². The van der Waals surface area contributed by atoms with Crippen LogP contribution in [-0.2, 0) is 4.79 Å². The Hall–Kier alpha value is -0.370. The summed E-state index contributed by atoms with van der Waals surface area (Å²) in [7, 11) is 0. The number of hydrogen-bond donors (Lipinski definition) is 1. The van der Waals surface area contributed by atoms with Gasteiger partial charge in [0.05, 0.1) is 0 Å². The second kappa shape index (κ2) is 6.17. The van der Waals surface area contributed by atoms with Crippen molar-refractivity contribution < 1.29 is 4.79 Å². The maximum atomic E-state index is 12.2. The van der Waals surface area contributed by atoms with Crippen molar-refractivity contribution in [3.63, 3.8) is 0 Å². The summed E-state index contributed by atoms with van der Waals surface area (Å²) < 4.78 is 0. The molecule has 116 valence electrons. The van der Waals surface area contributed by atoms with E-state index in [1.807, 2.05) is 0 Å². The van der Waals surface area contributed by atoms with Crippen molar-refractivity contribution in [2.75, 3.05) is 6.54 Å². The van der Waals surface area contributed by atoms with Crippen molar-refractivity contribution in [3.8, 4) is 0 Å². The van der Waals surface area contributed by atoms with Crippen LogP contribution in [0.2, 0.25) is 0 Å². The first-order chi connectivity index (χ1) is 9.35. The van der Waals surface area contributed by atoms with Gasteiger partial charge in [0.25, 0.3) is 0 Å². The van der Waals surface area contributed by atoms with Crippen LogP contribution in [0.15, 0.2) is 0 Å². The lowest BCUT2D eigenvalue weighted by atomic mass is 9.52. The first kappa shape index (κ1) is 16.0. The van der Waals surface area contributed by atoms with Gasteiger partial charge in [0, 0.05) is 25.4 Å². The Kier molecular flexibility index (Phi) is 4.94. The van der Waals surface area contributed by atoms with Crippen molar-refractivity contribution in [2.45, 2.75) is 85.1 Å². The molecule has 0 heterocycles. The largest absolute Gasteiger partial charge is 0.314 e. The molecule has 2 nitrogen and oxygen atoms in total. The van der Waals surface area contributed by atoms with Gasteiger partial charge in [-0.25, -0.2) is 0 Å². The van der Waals surface area contributed by atoms with Crippen LogP contribution in [0.4, 0.5) is 0 Å². The van der Waals surface area contributed by atoms with Gasteiger partial charge in [0.1, 0.15) is 5.78 Å². The van der Waals surface area contributed by atoms with Crippen LogP contribution in [0.3, 0.4) is 0 Å². The van der Waals surface area contributed by atoms with Crippen LogP contribution in [0.5, 0.6) is 0 Å². The van der Waals surface area contributed by atoms with Gasteiger partial charge in [-0.05, 0) is 55.3 Å². The molecule has 2 heteroatoms. The number of rotatable bonds is 7. The fourth-order valence-electron chi connectivity index (χ4n) is 4.24. The van der Waals surface area contributed by atoms with E-state index in [2.05, 4.69) is 33.0 Å². The summed E-state index contributed by atoms with van der Waals surface area (Å²) >= 11 is 0. The molecule has 0 aromatic carbocycles. The maximum Gasteiger partial charge on any atom is 0.133 e. The van der Waals surface area contributed by atoms with Crippen LogP contribution in [0, 0.1) is 16.7 Å². The highest BCUT2D eigenvalue weighted by Gasteiger charge is 2.48. The lowest BCUT2D eigenvalue weighted by Crippen LogP contribution is -2.48. The molecule has 3 fully saturated rings. The van der Waals surface area contributed by atoms with Gasteiger partial charge in [-0.2, -0.15) is 0 Å². The molecule has 3 rings (SSSR count). The molecule has 3 aliphatic carbocycles. The van der Waals surface area contributed by atoms with E-state index in [1.54, 1.807) is 0 Å². The second-order valence-corrected chi connectivity index (χ2v) is 8.35. The van der Waals surface area contributed by atoms with Crippen molar-refractivity contribution >= 4 is 5.78 Å². The Bertz CT molecular complexity index is 321. The van der Waals surface area contributed by atoms with Gasteiger partial charge in [0.15, 0.2) is 0 Å². The van der Waals surface area contributed by atoms with E-state index >= 15 is 0 Å². The molecule has 0 amide bonds. The number of carbonyl (C=O) groups is 1. The molecular weight excluding hydrogens is 246 g/mol. The minimum absolute atomic E-state index is 0.381. The summed E-state index contributed by atoms with van der Waals surface area (Å²) in [5, 5.41) is 3.64. The van der Waals surface area contributed by atoms with Crippen LogP contribution in [0.1, 0.15) is 79.1 Å². The third-order valence-corrected chi connectivity index (χ3v) is 5.65. The van der Waals surface area contributed by atoms with Crippen molar-refractivity contribution in [1.82, 2.24) is 5.32 Å². The van der Waals surface area contributed by atoms with Gasteiger partial charge in [-0.1, -0.05) is 27.7 Å². The first-order valence-electron chi connectivity index (χ1n) is 8.60. The van der Waals surface area contributed by atoms with Crippen LogP contribution < -0.4 is 5.32 Å². The summed E-state index contributed by atoms with van der Waals surface area (Å²) in [5.41, 5.74) is 0.929. The molecule has 0 spiro atoms. The Morgan fingerprint density at radius 1 is 0.950 bits per heavy atom. The SMILES string of the molecule is CC(C)CC(=O)CC12CCC(CNC(C)C)(CC1)CC2. The predicted molar refractivity (Wildman–Crippen MR) is 84.8 cm³/mol. The fraction of sp³-hybridized carbons (Fsp3) is 0.944. The van der Waals surface area contributed by atoms with E-state index in [4.69, 9.17) is 0 Å². The predicted octanol–water partition coefficient (Wildman–Crippen LogP) is 4.33. The van der Waals surface area contributed by atoms with Gasteiger partial charge in [-0.3, -0.25) is 4.79 Å². The van der Waals surface area contributed by atoms with E-state index in [-0.39, 0.29) is 0 Å². The average Bonchev–Trinajstić information content (AvgIpc) is 2.37. The minimum Gasteiger partial charge on any atom is -0.314 e. The molecule has 3 saturated carbocycles. The quantitative estimate of drug-likeness (QED) is 0.751. The van der Waals surface area contributed by atoms with Crippen LogP contribution >= 0.6 is 0 Å². The molecule has 0 aromatic heterocycles. The summed E-state index contributed by atoms with van der Waals surface area (Å²) in [6.45, 7) is 9.95. The molecule has 0 unspecified atom stereocenters. The normalized spacial score (nSPS) is 33.1. The van der Waals surface area contributed by atoms with E-state index in [0.717, 1.165) is 12.8 Å². The topological polar surface area (TPSA) is 29.1 Å². The fourth-order valence-corrected chi connectivity index (χ4v) is 4.24. The highest BCUT2D eigenvalue weighted by molar-refractivity contribution is 5.79. The molecule has 0 aliphatic heterocycles. The highest BCUT2D eigenvalue weighted by atomic mass is 16.1. The van der Waals surface area contributed by atoms with E-state index < -0.39 is 0 Å². The molecule has 0 aromatic rings. The second-order valence-electron chi connectivity index (χ2n) is 8.35. The van der Waals surface area contributed by atoms with E-state index in [1.165, 1.54) is 45.1 Å². The third-order valence-electron chi connectivity index (χ3n) is 5.65. The summed E-state index contributed by atoms with van der Waals surface area (Å²) in [5.74, 6) is 1.02. The zero-order valence-corrected chi connectivity index (χ0v) is 13.9. The lowest BCUT2D eigenvalue weighted by molar-refractivity contribution is -0.125. The number of hydrogen-bond acceptors (Lipinski definition) is 2. The van der Waals surface area contributed by atoms with Gasteiger partial charge < -0.3 is 5.32 Å². The highest BCUT2D eigenvalue weighted by Crippen LogP contribution is 2.58. The van der Waals surface area contributed by atoms with Crippen molar-refractivity contribution in [1.29, 1.82) is 0 Å². The Morgan fingerprint density at radius 3 is 1.90 bits per heavy atom. The molecule has 0 atom stereocenters. The molecule has 0 radical (unpaired) electrons. The third kappa shape index (κ3) is 3.84. The summed E-state index contributed by atoms with van der Waals surface area (Å²) in [4.78, 5) is 12.2. The summed E-state index contributed by atoms with van der Waals surface area (Å²) in [6, 6.07) is 0.589. The standard InChI is InChI=1S/C18H33NO/c1-14(2)11-16(20)12-17-5-8-18(9-6-17,10-7-17)13-19-15(3)4/h14-15,19H,5-13H2,1-4H3. The average molecular weight is 279 g/mol. The number of Topliss-reactive ketones (excluding diaryl/α,β-unsaturated/α-hetero) is 1. The number of carbonyl (C=O) groups excluding carboxylic acids is 1. The molecular formula is C18H33NO. The number of fused-ring (bicyclic) bond motifs is 3. The number of ketones is 1. The minimum atomic E-state index is 0.381. The zero-order valence-electron chi connectivity index (χ0n) is 13.9. The van der Waals surface area contributed by atoms with Crippen LogP contribution in [-0.4, -0.2) is 18.4 Å².